The molecule has 0 saturated carbocycles. The quantitative estimate of drug-likeness (QED) is 0.387. The maximum absolute atomic E-state index is 11.0. The molecule has 7 heteroatoms. The van der Waals surface area contributed by atoms with Gasteiger partial charge in [-0.1, -0.05) is 29.8 Å². The minimum atomic E-state index is -0.576. The Morgan fingerprint density at radius 3 is 2.35 bits per heavy atom. The standard InChI is InChI=1S/C16H20N4O2.HI/c1-11-3-5-12(6-4-11)9-19-16(18-2)20-10-13-7-8-14(22-13)15(17)21;/h3-8H,9-10H2,1-2H3,(H2,17,21)(H2,18,19,20);1H. The summed E-state index contributed by atoms with van der Waals surface area (Å²) in [5.74, 6) is 0.845. The number of carbonyl (C=O) groups excluding carboxylic acids is 1. The summed E-state index contributed by atoms with van der Waals surface area (Å²) >= 11 is 0. The number of carbonyl (C=O) groups is 1. The highest BCUT2D eigenvalue weighted by Gasteiger charge is 2.07. The van der Waals surface area contributed by atoms with Crippen LogP contribution in [0.2, 0.25) is 0 Å². The van der Waals surface area contributed by atoms with Gasteiger partial charge in [-0.3, -0.25) is 9.79 Å². The van der Waals surface area contributed by atoms with Crippen LogP contribution >= 0.6 is 24.0 Å². The molecule has 0 unspecified atom stereocenters. The normalized spacial score (nSPS) is 10.8. The van der Waals surface area contributed by atoms with Crippen molar-refractivity contribution >= 4 is 35.8 Å². The zero-order valence-corrected chi connectivity index (χ0v) is 15.5. The molecule has 1 amide bonds. The fourth-order valence-electron chi connectivity index (χ4n) is 1.89. The fraction of sp³-hybridized carbons (Fsp3) is 0.250. The summed E-state index contributed by atoms with van der Waals surface area (Å²) in [5.41, 5.74) is 7.54. The molecule has 0 saturated heterocycles. The van der Waals surface area contributed by atoms with E-state index in [0.717, 1.165) is 0 Å². The van der Waals surface area contributed by atoms with Crippen LogP contribution in [0.5, 0.6) is 0 Å². The zero-order valence-electron chi connectivity index (χ0n) is 13.1. The third-order valence-corrected chi connectivity index (χ3v) is 3.14. The Kier molecular flexibility index (Phi) is 7.60. The van der Waals surface area contributed by atoms with Crippen molar-refractivity contribution in [1.29, 1.82) is 0 Å². The lowest BCUT2D eigenvalue weighted by molar-refractivity contribution is 0.0972. The third kappa shape index (κ3) is 5.93. The summed E-state index contributed by atoms with van der Waals surface area (Å²) < 4.78 is 5.30. The van der Waals surface area contributed by atoms with Gasteiger partial charge in [-0.25, -0.2) is 0 Å². The molecule has 1 aromatic heterocycles. The monoisotopic (exact) mass is 428 g/mol. The number of nitrogens with one attached hydrogen (secondary N) is 2. The highest BCUT2D eigenvalue weighted by atomic mass is 127. The molecule has 6 nitrogen and oxygen atoms in total. The molecule has 0 fully saturated rings. The van der Waals surface area contributed by atoms with Crippen LogP contribution in [0.1, 0.15) is 27.4 Å². The van der Waals surface area contributed by atoms with Crippen LogP contribution < -0.4 is 16.4 Å². The second-order valence-corrected chi connectivity index (χ2v) is 4.90. The van der Waals surface area contributed by atoms with Gasteiger partial charge < -0.3 is 20.8 Å². The summed E-state index contributed by atoms with van der Waals surface area (Å²) in [6.07, 6.45) is 0. The van der Waals surface area contributed by atoms with Crippen LogP contribution in [-0.2, 0) is 13.1 Å². The van der Waals surface area contributed by atoms with E-state index in [-0.39, 0.29) is 29.7 Å². The molecule has 1 heterocycles. The van der Waals surface area contributed by atoms with E-state index in [4.69, 9.17) is 10.2 Å². The first-order valence-electron chi connectivity index (χ1n) is 6.97. The first-order valence-corrected chi connectivity index (χ1v) is 6.97. The van der Waals surface area contributed by atoms with Gasteiger partial charge in [-0.05, 0) is 24.6 Å². The number of nitrogens with two attached hydrogens (primary N) is 1. The summed E-state index contributed by atoms with van der Waals surface area (Å²) in [6.45, 7) is 3.15. The molecule has 1 aromatic carbocycles. The Labute approximate surface area is 152 Å². The number of aryl methyl sites for hydroxylation is 1. The predicted octanol–water partition coefficient (Wildman–Crippen LogP) is 2.17. The summed E-state index contributed by atoms with van der Waals surface area (Å²) in [7, 11) is 1.70. The molecule has 4 N–H and O–H groups in total. The van der Waals surface area contributed by atoms with E-state index in [9.17, 15) is 4.79 Å². The molecule has 0 bridgehead atoms. The fourth-order valence-corrected chi connectivity index (χ4v) is 1.89. The minimum Gasteiger partial charge on any atom is -0.454 e. The van der Waals surface area contributed by atoms with E-state index in [0.29, 0.717) is 24.8 Å². The number of hydrogen-bond acceptors (Lipinski definition) is 3. The number of guanidine groups is 1. The number of halogens is 1. The maximum atomic E-state index is 11.0. The van der Waals surface area contributed by atoms with Crippen molar-refractivity contribution in [3.8, 4) is 0 Å². The summed E-state index contributed by atoms with van der Waals surface area (Å²) in [6, 6.07) is 11.5. The van der Waals surface area contributed by atoms with Crippen LogP contribution in [0, 0.1) is 6.92 Å². The largest absolute Gasteiger partial charge is 0.454 e. The number of aliphatic imine (C=N–C) groups is 1. The second-order valence-electron chi connectivity index (χ2n) is 4.90. The van der Waals surface area contributed by atoms with Gasteiger partial charge in [0.25, 0.3) is 5.91 Å². The number of furan rings is 1. The molecule has 0 atom stereocenters. The maximum Gasteiger partial charge on any atom is 0.284 e. The number of nitrogens with zero attached hydrogens (tertiary/aromatic N) is 1. The minimum absolute atomic E-state index is 0. The van der Waals surface area contributed by atoms with Crippen molar-refractivity contribution in [3.05, 3.63) is 59.0 Å². The Hall–Kier alpha value is -2.03. The molecule has 2 rings (SSSR count). The number of benzene rings is 1. The molecular formula is C16H21IN4O2. The lowest BCUT2D eigenvalue weighted by Gasteiger charge is -2.11. The first kappa shape index (κ1) is 19.0. The third-order valence-electron chi connectivity index (χ3n) is 3.14. The SMILES string of the molecule is CN=C(NCc1ccc(C)cc1)NCc1ccc(C(N)=O)o1.I. The molecule has 0 radical (unpaired) electrons. The van der Waals surface area contributed by atoms with Gasteiger partial charge in [-0.15, -0.1) is 24.0 Å². The van der Waals surface area contributed by atoms with Gasteiger partial charge in [0.2, 0.25) is 0 Å². The van der Waals surface area contributed by atoms with E-state index >= 15 is 0 Å². The van der Waals surface area contributed by atoms with Gasteiger partial charge in [-0.2, -0.15) is 0 Å². The molecule has 124 valence electrons. The van der Waals surface area contributed by atoms with E-state index in [1.165, 1.54) is 11.1 Å². The van der Waals surface area contributed by atoms with Crippen molar-refractivity contribution in [1.82, 2.24) is 10.6 Å². The Morgan fingerprint density at radius 2 is 1.78 bits per heavy atom. The Morgan fingerprint density at radius 1 is 1.13 bits per heavy atom. The highest BCUT2D eigenvalue weighted by Crippen LogP contribution is 2.06. The van der Waals surface area contributed by atoms with Crippen molar-refractivity contribution in [2.24, 2.45) is 10.7 Å². The molecule has 0 aliphatic rings. The van der Waals surface area contributed by atoms with E-state index in [1.807, 2.05) is 0 Å². The van der Waals surface area contributed by atoms with Gasteiger partial charge in [0.15, 0.2) is 11.7 Å². The number of rotatable bonds is 5. The summed E-state index contributed by atoms with van der Waals surface area (Å²) in [4.78, 5) is 15.1. The van der Waals surface area contributed by atoms with Crippen LogP contribution in [-0.4, -0.2) is 18.9 Å². The van der Waals surface area contributed by atoms with Crippen molar-refractivity contribution in [2.45, 2.75) is 20.0 Å². The second kappa shape index (κ2) is 9.19. The van der Waals surface area contributed by atoms with Crippen LogP contribution in [0.25, 0.3) is 0 Å². The van der Waals surface area contributed by atoms with Gasteiger partial charge in [0.05, 0.1) is 6.54 Å². The first-order chi connectivity index (χ1) is 10.6. The average Bonchev–Trinajstić information content (AvgIpc) is 2.98. The molecule has 0 aliphatic carbocycles. The molecule has 0 spiro atoms. The van der Waals surface area contributed by atoms with E-state index in [2.05, 4.69) is 46.8 Å². The number of primary amides is 1. The highest BCUT2D eigenvalue weighted by molar-refractivity contribution is 14.0. The van der Waals surface area contributed by atoms with Gasteiger partial charge in [0.1, 0.15) is 5.76 Å². The Balaban J connectivity index is 0.00000264. The Bertz CT molecular complexity index is 665. The average molecular weight is 428 g/mol. The zero-order chi connectivity index (χ0) is 15.9. The smallest absolute Gasteiger partial charge is 0.284 e. The van der Waals surface area contributed by atoms with Crippen molar-refractivity contribution in [3.63, 3.8) is 0 Å². The van der Waals surface area contributed by atoms with E-state index in [1.54, 1.807) is 19.2 Å². The van der Waals surface area contributed by atoms with Crippen molar-refractivity contribution < 1.29 is 9.21 Å². The van der Waals surface area contributed by atoms with Gasteiger partial charge >= 0.3 is 0 Å². The molecule has 0 aliphatic heterocycles. The van der Waals surface area contributed by atoms with Crippen LogP contribution in [0.4, 0.5) is 0 Å². The molecule has 23 heavy (non-hydrogen) atoms. The topological polar surface area (TPSA) is 92.6 Å². The van der Waals surface area contributed by atoms with Crippen molar-refractivity contribution in [2.75, 3.05) is 7.05 Å². The van der Waals surface area contributed by atoms with E-state index < -0.39 is 5.91 Å². The molecular weight excluding hydrogens is 407 g/mol. The predicted molar refractivity (Wildman–Crippen MR) is 101 cm³/mol. The van der Waals surface area contributed by atoms with Gasteiger partial charge in [0, 0.05) is 13.6 Å². The van der Waals surface area contributed by atoms with Crippen LogP contribution in [0.3, 0.4) is 0 Å². The lowest BCUT2D eigenvalue weighted by Crippen LogP contribution is -2.36. The number of hydrogen-bond donors (Lipinski definition) is 3. The van der Waals surface area contributed by atoms with Crippen LogP contribution in [0.15, 0.2) is 45.8 Å². The summed E-state index contributed by atoms with van der Waals surface area (Å²) in [5, 5.41) is 6.32. The number of amides is 1. The lowest BCUT2D eigenvalue weighted by atomic mass is 10.1. The molecule has 2 aromatic rings.